The Morgan fingerprint density at radius 3 is 2.56 bits per heavy atom. The summed E-state index contributed by atoms with van der Waals surface area (Å²) < 4.78 is 0. The lowest BCUT2D eigenvalue weighted by atomic mass is 10.2. The van der Waals surface area contributed by atoms with E-state index in [2.05, 4.69) is 12.2 Å². The van der Waals surface area contributed by atoms with Crippen LogP contribution < -0.4 is 16.6 Å². The largest absolute Gasteiger partial charge is 0.343 e. The second-order valence-electron chi connectivity index (χ2n) is 6.08. The molecule has 0 aliphatic rings. The topological polar surface area (TPSA) is 114 Å². The van der Waals surface area contributed by atoms with Crippen LogP contribution in [0.4, 0.5) is 0 Å². The van der Waals surface area contributed by atoms with Gasteiger partial charge in [0.05, 0.1) is 6.61 Å². The molecule has 0 aliphatic heterocycles. The fourth-order valence-corrected chi connectivity index (χ4v) is 2.38. The Hall–Kier alpha value is -2.51. The molecule has 2 atom stereocenters. The zero-order valence-electron chi connectivity index (χ0n) is 15.8. The number of carbonyl (C=O) groups excluding carboxylic acids is 3. The summed E-state index contributed by atoms with van der Waals surface area (Å²) >= 11 is 0. The lowest BCUT2D eigenvalue weighted by molar-refractivity contribution is -0.191. The molecule has 0 radical (unpaired) electrons. The van der Waals surface area contributed by atoms with Crippen molar-refractivity contribution in [3.63, 3.8) is 0 Å². The molecule has 8 heteroatoms. The average Bonchev–Trinajstić information content (AvgIpc) is 2.69. The van der Waals surface area contributed by atoms with Gasteiger partial charge in [0, 0.05) is 12.6 Å². The van der Waals surface area contributed by atoms with Gasteiger partial charge in [-0.25, -0.2) is 10.6 Å². The van der Waals surface area contributed by atoms with Gasteiger partial charge in [0.25, 0.3) is 5.91 Å². The van der Waals surface area contributed by atoms with Gasteiger partial charge in [-0.05, 0) is 18.9 Å². The van der Waals surface area contributed by atoms with Gasteiger partial charge in [-0.3, -0.25) is 19.9 Å². The van der Waals surface area contributed by atoms with E-state index in [1.807, 2.05) is 35.8 Å². The molecule has 0 aliphatic carbocycles. The van der Waals surface area contributed by atoms with Crippen LogP contribution in [0.5, 0.6) is 0 Å². The number of hydrogen-bond donors (Lipinski definition) is 3. The fourth-order valence-electron chi connectivity index (χ4n) is 2.38. The number of nitrogens with one attached hydrogen (secondary N) is 2. The van der Waals surface area contributed by atoms with Crippen molar-refractivity contribution in [2.45, 2.75) is 51.8 Å². The minimum absolute atomic E-state index is 0.252. The molecule has 4 N–H and O–H groups in total. The predicted molar refractivity (Wildman–Crippen MR) is 101 cm³/mol. The number of nitrogens with two attached hydrogens (primary N) is 1. The summed E-state index contributed by atoms with van der Waals surface area (Å²) in [6, 6.07) is 7.64. The molecule has 148 valence electrons. The van der Waals surface area contributed by atoms with E-state index in [0.29, 0.717) is 6.54 Å². The smallest absolute Gasteiger partial charge is 0.256 e. The van der Waals surface area contributed by atoms with Crippen molar-refractivity contribution >= 4 is 17.8 Å². The van der Waals surface area contributed by atoms with Crippen molar-refractivity contribution in [3.8, 4) is 0 Å². The molecule has 0 saturated heterocycles. The summed E-state index contributed by atoms with van der Waals surface area (Å²) in [5.74, 6) is 5.65. The summed E-state index contributed by atoms with van der Waals surface area (Å²) in [5.41, 5.74) is 2.91. The van der Waals surface area contributed by atoms with Crippen LogP contribution in [-0.4, -0.2) is 41.4 Å². The number of rotatable bonds is 12. The molecular weight excluding hydrogens is 348 g/mol. The second-order valence-corrected chi connectivity index (χ2v) is 6.08. The standard InChI is InChI=1S/C19H28N4O4/c1-3-4-8-12-23(27-14-16-9-6-5-7-10-16)17(11-13-24)19(26)21-15(2)18(25)22-20/h5-7,9-11,15,17H,3-4,8,12,14,20H2,1-2H3,(H,21,26)(H,22,25). The fraction of sp³-hybridized carbons (Fsp3) is 0.474. The highest BCUT2D eigenvalue weighted by Gasteiger charge is 2.27. The van der Waals surface area contributed by atoms with Crippen LogP contribution in [0, 0.1) is 0 Å². The van der Waals surface area contributed by atoms with Crippen LogP contribution >= 0.6 is 0 Å². The first-order valence-corrected chi connectivity index (χ1v) is 8.98. The highest BCUT2D eigenvalue weighted by atomic mass is 16.7. The van der Waals surface area contributed by atoms with Crippen LogP contribution in [0.1, 0.15) is 38.7 Å². The molecule has 8 nitrogen and oxygen atoms in total. The zero-order chi connectivity index (χ0) is 20.1. The summed E-state index contributed by atoms with van der Waals surface area (Å²) in [6.45, 7) is 4.27. The van der Waals surface area contributed by atoms with E-state index >= 15 is 0 Å². The molecule has 0 aromatic heterocycles. The lowest BCUT2D eigenvalue weighted by Gasteiger charge is -2.28. The molecule has 0 spiro atoms. The number of carbonyl (C=O) groups is 2. The Bertz CT molecular complexity index is 632. The minimum atomic E-state index is -1.00. The molecule has 1 aromatic rings. The molecular formula is C19H28N4O4. The van der Waals surface area contributed by atoms with E-state index in [9.17, 15) is 14.4 Å². The van der Waals surface area contributed by atoms with Gasteiger partial charge in [-0.15, -0.1) is 0 Å². The minimum Gasteiger partial charge on any atom is -0.343 e. The Morgan fingerprint density at radius 1 is 1.26 bits per heavy atom. The molecule has 2 amide bonds. The van der Waals surface area contributed by atoms with E-state index in [4.69, 9.17) is 10.7 Å². The molecule has 0 bridgehead atoms. The number of benzene rings is 1. The monoisotopic (exact) mass is 376 g/mol. The van der Waals surface area contributed by atoms with Gasteiger partial charge in [0.2, 0.25) is 5.91 Å². The zero-order valence-corrected chi connectivity index (χ0v) is 15.8. The van der Waals surface area contributed by atoms with Gasteiger partial charge in [0.15, 0.2) is 0 Å². The van der Waals surface area contributed by atoms with Gasteiger partial charge < -0.3 is 5.32 Å². The van der Waals surface area contributed by atoms with Crippen LogP contribution in [0.2, 0.25) is 0 Å². The first-order valence-electron chi connectivity index (χ1n) is 8.98. The Morgan fingerprint density at radius 2 is 1.96 bits per heavy atom. The number of amides is 2. The van der Waals surface area contributed by atoms with E-state index in [1.165, 1.54) is 12.0 Å². The molecule has 0 heterocycles. The number of hydrogen-bond acceptors (Lipinski definition) is 6. The van der Waals surface area contributed by atoms with Gasteiger partial charge in [-0.2, -0.15) is 5.06 Å². The third-order valence-corrected chi connectivity index (χ3v) is 3.92. The molecule has 1 rings (SSSR count). The first-order chi connectivity index (χ1) is 13.0. The average molecular weight is 376 g/mol. The third kappa shape index (κ3) is 8.15. The molecule has 27 heavy (non-hydrogen) atoms. The van der Waals surface area contributed by atoms with Crippen LogP contribution in [-0.2, 0) is 25.8 Å². The van der Waals surface area contributed by atoms with Crippen LogP contribution in [0.25, 0.3) is 0 Å². The number of unbranched alkanes of at least 4 members (excludes halogenated alkanes) is 2. The van der Waals surface area contributed by atoms with Crippen molar-refractivity contribution in [1.29, 1.82) is 0 Å². The van der Waals surface area contributed by atoms with Crippen LogP contribution in [0.3, 0.4) is 0 Å². The highest BCUT2D eigenvalue weighted by molar-refractivity contribution is 5.90. The maximum absolute atomic E-state index is 12.6. The predicted octanol–water partition coefficient (Wildman–Crippen LogP) is 0.861. The maximum atomic E-state index is 12.6. The van der Waals surface area contributed by atoms with Crippen LogP contribution in [0.15, 0.2) is 36.4 Å². The van der Waals surface area contributed by atoms with Crippen molar-refractivity contribution in [2.24, 2.45) is 5.84 Å². The van der Waals surface area contributed by atoms with Gasteiger partial charge >= 0.3 is 0 Å². The number of hydroxylamine groups is 2. The van der Waals surface area contributed by atoms with Crippen molar-refractivity contribution < 1.29 is 19.2 Å². The Kier molecular flexibility index (Phi) is 10.7. The summed E-state index contributed by atoms with van der Waals surface area (Å²) in [4.78, 5) is 40.9. The van der Waals surface area contributed by atoms with Crippen molar-refractivity contribution in [3.05, 3.63) is 42.0 Å². The molecule has 0 saturated carbocycles. The maximum Gasteiger partial charge on any atom is 0.256 e. The second kappa shape index (κ2) is 12.8. The lowest BCUT2D eigenvalue weighted by Crippen LogP contribution is -2.53. The summed E-state index contributed by atoms with van der Waals surface area (Å²) in [6.07, 6.45) is 3.83. The molecule has 2 unspecified atom stereocenters. The Balaban J connectivity index is 2.88. The summed E-state index contributed by atoms with van der Waals surface area (Å²) in [7, 11) is 0. The molecule has 0 fully saturated rings. The van der Waals surface area contributed by atoms with E-state index in [-0.39, 0.29) is 6.61 Å². The quantitative estimate of drug-likeness (QED) is 0.164. The van der Waals surface area contributed by atoms with E-state index < -0.39 is 23.9 Å². The van der Waals surface area contributed by atoms with Crippen molar-refractivity contribution in [1.82, 2.24) is 15.8 Å². The van der Waals surface area contributed by atoms with Crippen molar-refractivity contribution in [2.75, 3.05) is 6.54 Å². The summed E-state index contributed by atoms with van der Waals surface area (Å²) in [5, 5.41) is 3.98. The van der Waals surface area contributed by atoms with E-state index in [0.717, 1.165) is 30.9 Å². The number of nitrogens with zero attached hydrogens (tertiary/aromatic N) is 1. The third-order valence-electron chi connectivity index (χ3n) is 3.92. The highest BCUT2D eigenvalue weighted by Crippen LogP contribution is 2.10. The van der Waals surface area contributed by atoms with Gasteiger partial charge in [0.1, 0.15) is 18.0 Å². The first kappa shape index (κ1) is 22.5. The molecule has 1 aromatic carbocycles. The normalized spacial score (nSPS) is 12.7. The SMILES string of the molecule is CCCCCN(OCc1ccccc1)C(C=C=O)C(=O)NC(C)C(=O)NN. The van der Waals surface area contributed by atoms with Gasteiger partial charge in [-0.1, -0.05) is 50.1 Å². The van der Waals surface area contributed by atoms with E-state index in [1.54, 1.807) is 5.94 Å². The Labute approximate surface area is 159 Å². The number of hydrazine groups is 1.